The second-order valence-electron chi connectivity index (χ2n) is 3.85. The molecular weight excluding hydrogens is 220 g/mol. The minimum Gasteiger partial charge on any atom is -0.357 e. The number of nitrogen functional groups attached to an aromatic ring is 1. The van der Waals surface area contributed by atoms with E-state index in [0.717, 1.165) is 25.2 Å². The zero-order valence-corrected chi connectivity index (χ0v) is 9.68. The molecule has 0 radical (unpaired) electrons. The van der Waals surface area contributed by atoms with Crippen LogP contribution in [0.5, 0.6) is 0 Å². The molecule has 0 spiro atoms. The van der Waals surface area contributed by atoms with E-state index in [4.69, 9.17) is 5.84 Å². The zero-order chi connectivity index (χ0) is 12.3. The molecule has 7 heteroatoms. The van der Waals surface area contributed by atoms with Crippen molar-refractivity contribution in [3.05, 3.63) is 12.3 Å². The fraction of sp³-hybridized carbons (Fsp3) is 0.500. The van der Waals surface area contributed by atoms with Crippen LogP contribution in [0.25, 0.3) is 0 Å². The summed E-state index contributed by atoms with van der Waals surface area (Å²) in [5.41, 5.74) is 2.40. The van der Waals surface area contributed by atoms with Crippen LogP contribution in [-0.4, -0.2) is 35.5 Å². The first-order valence-corrected chi connectivity index (χ1v) is 5.54. The van der Waals surface area contributed by atoms with Crippen molar-refractivity contribution >= 4 is 17.7 Å². The molecule has 7 nitrogen and oxygen atoms in total. The SMILES string of the molecule is CNC(=O)C1CCCN1c1ccnc(NN)n1. The number of hydrogen-bond donors (Lipinski definition) is 3. The highest BCUT2D eigenvalue weighted by Gasteiger charge is 2.31. The number of hydrazine groups is 1. The smallest absolute Gasteiger partial charge is 0.242 e. The molecule has 1 fully saturated rings. The van der Waals surface area contributed by atoms with E-state index in [9.17, 15) is 4.79 Å². The highest BCUT2D eigenvalue weighted by molar-refractivity contribution is 5.85. The van der Waals surface area contributed by atoms with Crippen LogP contribution in [0.2, 0.25) is 0 Å². The van der Waals surface area contributed by atoms with Crippen molar-refractivity contribution in [2.24, 2.45) is 5.84 Å². The minimum absolute atomic E-state index is 0.0170. The summed E-state index contributed by atoms with van der Waals surface area (Å²) in [5.74, 6) is 6.36. The molecule has 1 saturated heterocycles. The van der Waals surface area contributed by atoms with Crippen molar-refractivity contribution in [2.45, 2.75) is 18.9 Å². The molecule has 1 amide bonds. The number of nitrogens with one attached hydrogen (secondary N) is 2. The molecule has 0 saturated carbocycles. The third kappa shape index (κ3) is 2.28. The first kappa shape index (κ1) is 11.6. The van der Waals surface area contributed by atoms with Gasteiger partial charge in [-0.15, -0.1) is 0 Å². The van der Waals surface area contributed by atoms with Gasteiger partial charge in [-0.2, -0.15) is 4.98 Å². The summed E-state index contributed by atoms with van der Waals surface area (Å²) >= 11 is 0. The summed E-state index contributed by atoms with van der Waals surface area (Å²) < 4.78 is 0. The van der Waals surface area contributed by atoms with E-state index in [0.29, 0.717) is 5.95 Å². The average Bonchev–Trinajstić information content (AvgIpc) is 2.87. The second-order valence-corrected chi connectivity index (χ2v) is 3.85. The third-order valence-corrected chi connectivity index (χ3v) is 2.87. The Kier molecular flexibility index (Phi) is 3.38. The summed E-state index contributed by atoms with van der Waals surface area (Å²) in [4.78, 5) is 21.9. The Balaban J connectivity index is 2.22. The maximum Gasteiger partial charge on any atom is 0.242 e. The zero-order valence-electron chi connectivity index (χ0n) is 9.68. The second kappa shape index (κ2) is 4.96. The predicted molar refractivity (Wildman–Crippen MR) is 64.3 cm³/mol. The number of amides is 1. The third-order valence-electron chi connectivity index (χ3n) is 2.87. The molecule has 1 atom stereocenters. The molecule has 0 bridgehead atoms. The number of rotatable bonds is 3. The Labute approximate surface area is 99.4 Å². The lowest BCUT2D eigenvalue weighted by Crippen LogP contribution is -2.42. The Morgan fingerprint density at radius 3 is 3.18 bits per heavy atom. The van der Waals surface area contributed by atoms with E-state index in [1.165, 1.54) is 0 Å². The van der Waals surface area contributed by atoms with Gasteiger partial charge < -0.3 is 10.2 Å². The van der Waals surface area contributed by atoms with Crippen LogP contribution in [0.4, 0.5) is 11.8 Å². The van der Waals surface area contributed by atoms with E-state index in [-0.39, 0.29) is 11.9 Å². The normalized spacial score (nSPS) is 19.2. The van der Waals surface area contributed by atoms with Crippen molar-refractivity contribution in [3.8, 4) is 0 Å². The molecule has 1 unspecified atom stereocenters. The largest absolute Gasteiger partial charge is 0.357 e. The van der Waals surface area contributed by atoms with Gasteiger partial charge in [-0.1, -0.05) is 0 Å². The van der Waals surface area contributed by atoms with Gasteiger partial charge in [-0.05, 0) is 18.9 Å². The van der Waals surface area contributed by atoms with Gasteiger partial charge in [-0.3, -0.25) is 10.2 Å². The maximum atomic E-state index is 11.7. The molecule has 17 heavy (non-hydrogen) atoms. The molecule has 4 N–H and O–H groups in total. The molecule has 0 aliphatic carbocycles. The lowest BCUT2D eigenvalue weighted by Gasteiger charge is -2.24. The predicted octanol–water partition coefficient (Wildman–Crippen LogP) is -0.523. The van der Waals surface area contributed by atoms with Crippen LogP contribution in [-0.2, 0) is 4.79 Å². The lowest BCUT2D eigenvalue weighted by molar-refractivity contribution is -0.121. The minimum atomic E-state index is -0.152. The number of anilines is 2. The van der Waals surface area contributed by atoms with E-state index >= 15 is 0 Å². The fourth-order valence-electron chi connectivity index (χ4n) is 2.06. The maximum absolute atomic E-state index is 11.7. The van der Waals surface area contributed by atoms with Gasteiger partial charge in [0, 0.05) is 19.8 Å². The van der Waals surface area contributed by atoms with Crippen molar-refractivity contribution in [3.63, 3.8) is 0 Å². The van der Waals surface area contributed by atoms with Gasteiger partial charge in [0.05, 0.1) is 0 Å². The number of aromatic nitrogens is 2. The first-order valence-electron chi connectivity index (χ1n) is 5.54. The van der Waals surface area contributed by atoms with E-state index in [1.54, 1.807) is 19.3 Å². The monoisotopic (exact) mass is 236 g/mol. The van der Waals surface area contributed by atoms with Gasteiger partial charge in [0.2, 0.25) is 11.9 Å². The highest BCUT2D eigenvalue weighted by Crippen LogP contribution is 2.24. The summed E-state index contributed by atoms with van der Waals surface area (Å²) in [6, 6.07) is 1.63. The Hall–Kier alpha value is -1.89. The van der Waals surface area contributed by atoms with Crippen LogP contribution in [0.3, 0.4) is 0 Å². The van der Waals surface area contributed by atoms with Gasteiger partial charge >= 0.3 is 0 Å². The molecule has 2 rings (SSSR count). The van der Waals surface area contributed by atoms with Crippen molar-refractivity contribution in [2.75, 3.05) is 23.9 Å². The Bertz CT molecular complexity index is 410. The lowest BCUT2D eigenvalue weighted by atomic mass is 10.2. The first-order chi connectivity index (χ1) is 8.26. The highest BCUT2D eigenvalue weighted by atomic mass is 16.2. The summed E-state index contributed by atoms with van der Waals surface area (Å²) in [6.07, 6.45) is 3.44. The van der Waals surface area contributed by atoms with E-state index < -0.39 is 0 Å². The molecule has 2 heterocycles. The Morgan fingerprint density at radius 2 is 2.47 bits per heavy atom. The summed E-state index contributed by atoms with van der Waals surface area (Å²) in [6.45, 7) is 0.819. The molecular formula is C10H16N6O. The van der Waals surface area contributed by atoms with Crippen molar-refractivity contribution in [1.82, 2.24) is 15.3 Å². The van der Waals surface area contributed by atoms with Crippen molar-refractivity contribution < 1.29 is 4.79 Å². The van der Waals surface area contributed by atoms with Gasteiger partial charge in [-0.25, -0.2) is 10.8 Å². The van der Waals surface area contributed by atoms with Gasteiger partial charge in [0.25, 0.3) is 0 Å². The van der Waals surface area contributed by atoms with Crippen LogP contribution in [0.1, 0.15) is 12.8 Å². The topological polar surface area (TPSA) is 96.2 Å². The van der Waals surface area contributed by atoms with Crippen LogP contribution < -0.4 is 21.5 Å². The van der Waals surface area contributed by atoms with E-state index in [2.05, 4.69) is 20.7 Å². The summed E-state index contributed by atoms with van der Waals surface area (Å²) in [7, 11) is 1.64. The number of carbonyl (C=O) groups excluding carboxylic acids is 1. The number of hydrogen-bond acceptors (Lipinski definition) is 6. The Morgan fingerprint density at radius 1 is 1.65 bits per heavy atom. The van der Waals surface area contributed by atoms with Crippen LogP contribution >= 0.6 is 0 Å². The quantitative estimate of drug-likeness (QED) is 0.482. The number of nitrogens with zero attached hydrogens (tertiary/aromatic N) is 3. The fourth-order valence-corrected chi connectivity index (χ4v) is 2.06. The van der Waals surface area contributed by atoms with Crippen molar-refractivity contribution in [1.29, 1.82) is 0 Å². The van der Waals surface area contributed by atoms with Crippen LogP contribution in [0.15, 0.2) is 12.3 Å². The molecule has 1 aliphatic heterocycles. The number of likely N-dealkylation sites (N-methyl/N-ethyl adjacent to an activating group) is 1. The molecule has 1 aromatic rings. The van der Waals surface area contributed by atoms with Gasteiger partial charge in [0.1, 0.15) is 11.9 Å². The van der Waals surface area contributed by atoms with E-state index in [1.807, 2.05) is 4.90 Å². The average molecular weight is 236 g/mol. The molecule has 1 aromatic heterocycles. The molecule has 0 aromatic carbocycles. The molecule has 1 aliphatic rings. The number of carbonyl (C=O) groups is 1. The standard InChI is InChI=1S/C10H16N6O/c1-12-9(17)7-3-2-6-16(7)8-4-5-13-10(14-8)15-11/h4-5,7H,2-3,6,11H2,1H3,(H,12,17)(H,13,14,15). The number of nitrogens with two attached hydrogens (primary N) is 1. The van der Waals surface area contributed by atoms with Gasteiger partial charge in [0.15, 0.2) is 0 Å². The molecule has 92 valence electrons. The van der Waals surface area contributed by atoms with Crippen LogP contribution in [0, 0.1) is 0 Å². The summed E-state index contributed by atoms with van der Waals surface area (Å²) in [5, 5.41) is 2.67.